The summed E-state index contributed by atoms with van der Waals surface area (Å²) in [6.45, 7) is 0. The molecule has 2 amide bonds. The van der Waals surface area contributed by atoms with Crippen molar-refractivity contribution >= 4 is 11.8 Å². The Balaban J connectivity index is 1.80. The third-order valence-corrected chi connectivity index (χ3v) is 6.34. The van der Waals surface area contributed by atoms with Gasteiger partial charge in [-0.15, -0.1) is 0 Å². The second-order valence-corrected chi connectivity index (χ2v) is 9.46. The van der Waals surface area contributed by atoms with Gasteiger partial charge in [-0.05, 0) is 79.7 Å². The molecule has 1 aromatic heterocycles. The number of benzene rings is 3. The number of nitrogens with one attached hydrogen (secondary N) is 1. The lowest BCUT2D eigenvalue weighted by Gasteiger charge is -2.28. The third-order valence-electron chi connectivity index (χ3n) is 6.34. The number of rotatable bonds is 9. The number of carbonyl (C=O) groups excluding carboxylic acids is 2. The van der Waals surface area contributed by atoms with E-state index in [0.717, 1.165) is 24.3 Å². The first-order valence-electron chi connectivity index (χ1n) is 12.3. The molecule has 6 nitrogen and oxygen atoms in total. The highest BCUT2D eigenvalue weighted by atomic mass is 19.1. The average Bonchev–Trinajstić information content (AvgIpc) is 2.89. The fraction of sp³-hybridized carbons (Fsp3) is 0.167. The minimum Gasteiger partial charge on any atom is -0.366 e. The van der Waals surface area contributed by atoms with Crippen LogP contribution in [0.1, 0.15) is 39.3 Å². The van der Waals surface area contributed by atoms with Gasteiger partial charge in [0.1, 0.15) is 29.3 Å². The van der Waals surface area contributed by atoms with Gasteiger partial charge >= 0.3 is 0 Å². The predicted molar refractivity (Wildman–Crippen MR) is 142 cm³/mol. The summed E-state index contributed by atoms with van der Waals surface area (Å²) in [5.74, 6) is -4.27. The van der Waals surface area contributed by atoms with Gasteiger partial charge in [-0.2, -0.15) is 0 Å². The van der Waals surface area contributed by atoms with Gasteiger partial charge in [0.2, 0.25) is 5.91 Å². The summed E-state index contributed by atoms with van der Waals surface area (Å²) in [5.41, 5.74) is 6.91. The number of hydrogen-bond acceptors (Lipinski definition) is 4. The molecule has 2 unspecified atom stereocenters. The van der Waals surface area contributed by atoms with Gasteiger partial charge in [-0.1, -0.05) is 24.3 Å². The predicted octanol–water partition coefficient (Wildman–Crippen LogP) is 5.11. The van der Waals surface area contributed by atoms with E-state index in [2.05, 4.69) is 10.3 Å². The Morgan fingerprint density at radius 2 is 1.57 bits per heavy atom. The quantitative estimate of drug-likeness (QED) is 0.284. The summed E-state index contributed by atoms with van der Waals surface area (Å²) in [4.78, 5) is 31.6. The summed E-state index contributed by atoms with van der Waals surface area (Å²) in [5, 5.41) is 2.93. The fourth-order valence-electron chi connectivity index (χ4n) is 4.58. The molecule has 0 aliphatic rings. The van der Waals surface area contributed by atoms with Gasteiger partial charge in [-0.25, -0.2) is 17.6 Å². The van der Waals surface area contributed by atoms with Crippen molar-refractivity contribution in [3.05, 3.63) is 125 Å². The maximum absolute atomic E-state index is 14.2. The maximum atomic E-state index is 14.2. The van der Waals surface area contributed by atoms with Crippen LogP contribution in [0.25, 0.3) is 11.1 Å². The molecule has 1 heterocycles. The molecule has 40 heavy (non-hydrogen) atoms. The average molecular weight is 551 g/mol. The Morgan fingerprint density at radius 1 is 0.900 bits per heavy atom. The van der Waals surface area contributed by atoms with E-state index in [9.17, 15) is 27.2 Å². The monoisotopic (exact) mass is 550 g/mol. The summed E-state index contributed by atoms with van der Waals surface area (Å²) in [6.07, 6.45) is 1.42. The molecule has 2 atom stereocenters. The van der Waals surface area contributed by atoms with Crippen LogP contribution in [0.4, 0.5) is 17.6 Å². The van der Waals surface area contributed by atoms with E-state index in [1.165, 1.54) is 42.6 Å². The van der Waals surface area contributed by atoms with Crippen LogP contribution in [0, 0.1) is 23.3 Å². The van der Waals surface area contributed by atoms with E-state index in [1.54, 1.807) is 31.1 Å². The van der Waals surface area contributed by atoms with E-state index in [-0.39, 0.29) is 17.5 Å². The van der Waals surface area contributed by atoms with E-state index < -0.39 is 47.2 Å². The SMILES string of the molecule is CN(C)C(C(=O)NC(Cc1cc(F)cc(F)c1)c1ncccc1-c1ccc(F)c(C(N)=O)c1)c1ccc(F)cc1. The molecule has 0 aliphatic heterocycles. The van der Waals surface area contributed by atoms with Gasteiger partial charge in [0, 0.05) is 17.8 Å². The van der Waals surface area contributed by atoms with Crippen molar-refractivity contribution in [2.45, 2.75) is 18.5 Å². The number of likely N-dealkylation sites (N-methyl/N-ethyl adjacent to an activating group) is 1. The zero-order chi connectivity index (χ0) is 29.0. The number of hydrogen-bond donors (Lipinski definition) is 2. The van der Waals surface area contributed by atoms with Crippen molar-refractivity contribution < 1.29 is 27.2 Å². The molecule has 0 bridgehead atoms. The van der Waals surface area contributed by atoms with Crippen molar-refractivity contribution in [1.82, 2.24) is 15.2 Å². The van der Waals surface area contributed by atoms with Gasteiger partial charge in [-0.3, -0.25) is 19.5 Å². The number of amides is 2. The van der Waals surface area contributed by atoms with Crippen LogP contribution >= 0.6 is 0 Å². The smallest absolute Gasteiger partial charge is 0.251 e. The van der Waals surface area contributed by atoms with Crippen LogP contribution in [0.3, 0.4) is 0 Å². The molecule has 4 aromatic rings. The maximum Gasteiger partial charge on any atom is 0.251 e. The number of primary amides is 1. The lowest BCUT2D eigenvalue weighted by molar-refractivity contribution is -0.126. The van der Waals surface area contributed by atoms with Gasteiger partial charge in [0.05, 0.1) is 17.3 Å². The van der Waals surface area contributed by atoms with Crippen molar-refractivity contribution in [3.63, 3.8) is 0 Å². The lowest BCUT2D eigenvalue weighted by atomic mass is 9.94. The number of halogens is 4. The molecule has 0 spiro atoms. The minimum absolute atomic E-state index is 0.0577. The fourth-order valence-corrected chi connectivity index (χ4v) is 4.58. The molecule has 3 N–H and O–H groups in total. The van der Waals surface area contributed by atoms with Crippen molar-refractivity contribution in [2.24, 2.45) is 5.73 Å². The Kier molecular flexibility index (Phi) is 8.59. The van der Waals surface area contributed by atoms with Crippen LogP contribution in [0.15, 0.2) is 79.0 Å². The molecular weight excluding hydrogens is 524 g/mol. The Hall–Kier alpha value is -4.57. The number of pyridine rings is 1. The second kappa shape index (κ2) is 12.1. The van der Waals surface area contributed by atoms with Crippen LogP contribution in [0.5, 0.6) is 0 Å². The topological polar surface area (TPSA) is 88.3 Å². The highest BCUT2D eigenvalue weighted by Crippen LogP contribution is 2.31. The molecule has 4 rings (SSSR count). The molecule has 0 radical (unpaired) electrons. The molecule has 3 aromatic carbocycles. The zero-order valence-electron chi connectivity index (χ0n) is 21.7. The molecular formula is C30H26F4N4O2. The number of carbonyl (C=O) groups is 2. The van der Waals surface area contributed by atoms with E-state index >= 15 is 0 Å². The standard InChI is InChI=1S/C30H26F4N4O2/c1-38(2)28(18-5-8-20(31)9-6-18)30(40)37-26(14-17-12-21(32)16-22(33)13-17)27-23(4-3-11-36-27)19-7-10-25(34)24(15-19)29(35)39/h3-13,15-16,26,28H,14H2,1-2H3,(H2,35,39)(H,37,40). The first-order valence-corrected chi connectivity index (χ1v) is 12.3. The normalized spacial score (nSPS) is 12.7. The molecule has 0 fully saturated rings. The Morgan fingerprint density at radius 3 is 2.20 bits per heavy atom. The molecule has 206 valence electrons. The number of nitrogens with zero attached hydrogens (tertiary/aromatic N) is 2. The summed E-state index contributed by atoms with van der Waals surface area (Å²) in [6, 6.07) is 13.8. The highest BCUT2D eigenvalue weighted by molar-refractivity contribution is 5.94. The second-order valence-electron chi connectivity index (χ2n) is 9.46. The van der Waals surface area contributed by atoms with Crippen molar-refractivity contribution in [3.8, 4) is 11.1 Å². The van der Waals surface area contributed by atoms with E-state index in [4.69, 9.17) is 5.73 Å². The van der Waals surface area contributed by atoms with Crippen LogP contribution in [0.2, 0.25) is 0 Å². The van der Waals surface area contributed by atoms with E-state index in [0.29, 0.717) is 22.4 Å². The number of aromatic nitrogens is 1. The lowest BCUT2D eigenvalue weighted by Crippen LogP contribution is -2.40. The molecule has 0 aliphatic carbocycles. The van der Waals surface area contributed by atoms with E-state index in [1.807, 2.05) is 0 Å². The van der Waals surface area contributed by atoms with Gasteiger partial charge < -0.3 is 11.1 Å². The molecule has 10 heteroatoms. The molecule has 0 saturated heterocycles. The number of nitrogens with two attached hydrogens (primary N) is 1. The van der Waals surface area contributed by atoms with Crippen LogP contribution in [-0.4, -0.2) is 35.8 Å². The Labute approximate surface area is 228 Å². The first-order chi connectivity index (χ1) is 19.0. The summed E-state index contributed by atoms with van der Waals surface area (Å²) >= 11 is 0. The van der Waals surface area contributed by atoms with Gasteiger partial charge in [0.15, 0.2) is 0 Å². The van der Waals surface area contributed by atoms with Crippen LogP contribution in [-0.2, 0) is 11.2 Å². The van der Waals surface area contributed by atoms with Crippen molar-refractivity contribution in [2.75, 3.05) is 14.1 Å². The third kappa shape index (κ3) is 6.52. The van der Waals surface area contributed by atoms with Crippen LogP contribution < -0.4 is 11.1 Å². The largest absolute Gasteiger partial charge is 0.366 e. The van der Waals surface area contributed by atoms with Crippen molar-refractivity contribution in [1.29, 1.82) is 0 Å². The molecule has 0 saturated carbocycles. The summed E-state index contributed by atoms with van der Waals surface area (Å²) in [7, 11) is 3.36. The Bertz CT molecular complexity index is 1520. The first kappa shape index (κ1) is 28.4. The summed E-state index contributed by atoms with van der Waals surface area (Å²) < 4.78 is 55.9. The highest BCUT2D eigenvalue weighted by Gasteiger charge is 2.28. The minimum atomic E-state index is -0.960. The van der Waals surface area contributed by atoms with Gasteiger partial charge in [0.25, 0.3) is 5.91 Å². The zero-order valence-corrected chi connectivity index (χ0v) is 21.7.